The smallest absolute Gasteiger partial charge is 0.309 e. The van der Waals surface area contributed by atoms with Gasteiger partial charge in [0.15, 0.2) is 5.75 Å². The van der Waals surface area contributed by atoms with Crippen LogP contribution in [0.25, 0.3) is 11.1 Å². The van der Waals surface area contributed by atoms with Gasteiger partial charge in [-0.1, -0.05) is 26.0 Å². The fourth-order valence-electron chi connectivity index (χ4n) is 3.43. The Morgan fingerprint density at radius 2 is 1.79 bits per heavy atom. The molecule has 3 rings (SSSR count). The minimum absolute atomic E-state index is 0.0760. The predicted molar refractivity (Wildman–Crippen MR) is 130 cm³/mol. The Kier molecular flexibility index (Phi) is 7.27. The molecule has 0 spiro atoms. The highest BCUT2D eigenvalue weighted by Crippen LogP contribution is 2.42. The Bertz CT molecular complexity index is 1250. The summed E-state index contributed by atoms with van der Waals surface area (Å²) in [5.74, 6) is 0.702. The van der Waals surface area contributed by atoms with Crippen LogP contribution in [0.4, 0.5) is 17.5 Å². The molecule has 0 saturated carbocycles. The highest BCUT2D eigenvalue weighted by atomic mass is 32.2. The highest BCUT2D eigenvalue weighted by Gasteiger charge is 2.22. The standard InChI is InChI=1S/C23H29N5O4S/c1-4-31-19-9-15(8-17-12-27-23(26)28-22(17)25)10-20(32-33(29,30)13-14(2)3)21(19)16-6-5-7-18(24)11-16/h5-7,9-12,14H,4,8,13,24H2,1-3H3,(H4,25,26,27,28). The molecule has 1 heterocycles. The lowest BCUT2D eigenvalue weighted by atomic mass is 9.98. The number of nitrogen functional groups attached to an aromatic ring is 3. The summed E-state index contributed by atoms with van der Waals surface area (Å²) >= 11 is 0. The Morgan fingerprint density at radius 1 is 1.06 bits per heavy atom. The van der Waals surface area contributed by atoms with Gasteiger partial charge in [-0.3, -0.25) is 0 Å². The van der Waals surface area contributed by atoms with Gasteiger partial charge >= 0.3 is 10.1 Å². The van der Waals surface area contributed by atoms with Gasteiger partial charge < -0.3 is 26.1 Å². The monoisotopic (exact) mass is 471 g/mol. The molecule has 0 atom stereocenters. The number of aromatic nitrogens is 2. The zero-order valence-corrected chi connectivity index (χ0v) is 19.7. The minimum atomic E-state index is -3.86. The van der Waals surface area contributed by atoms with Crippen LogP contribution in [-0.4, -0.2) is 30.7 Å². The van der Waals surface area contributed by atoms with Crippen molar-refractivity contribution in [1.29, 1.82) is 0 Å². The third-order valence-corrected chi connectivity index (χ3v) is 6.17. The van der Waals surface area contributed by atoms with Crippen LogP contribution in [0.2, 0.25) is 0 Å². The van der Waals surface area contributed by atoms with Crippen LogP contribution in [0.1, 0.15) is 31.9 Å². The highest BCUT2D eigenvalue weighted by molar-refractivity contribution is 7.87. The lowest BCUT2D eigenvalue weighted by molar-refractivity contribution is 0.340. The molecule has 6 N–H and O–H groups in total. The van der Waals surface area contributed by atoms with Crippen LogP contribution < -0.4 is 26.1 Å². The molecule has 0 amide bonds. The number of rotatable bonds is 9. The van der Waals surface area contributed by atoms with Crippen molar-refractivity contribution in [2.75, 3.05) is 29.6 Å². The van der Waals surface area contributed by atoms with E-state index < -0.39 is 10.1 Å². The van der Waals surface area contributed by atoms with E-state index in [1.807, 2.05) is 32.9 Å². The Labute approximate surface area is 194 Å². The average molecular weight is 472 g/mol. The fourth-order valence-corrected chi connectivity index (χ4v) is 4.72. The summed E-state index contributed by atoms with van der Waals surface area (Å²) in [5.41, 5.74) is 20.6. The largest absolute Gasteiger partial charge is 0.493 e. The third-order valence-electron chi connectivity index (χ3n) is 4.67. The van der Waals surface area contributed by atoms with Gasteiger partial charge in [-0.25, -0.2) is 4.98 Å². The van der Waals surface area contributed by atoms with Crippen molar-refractivity contribution >= 4 is 27.6 Å². The van der Waals surface area contributed by atoms with Crippen LogP contribution in [0.3, 0.4) is 0 Å². The summed E-state index contributed by atoms with van der Waals surface area (Å²) in [7, 11) is -3.86. The molecule has 0 saturated heterocycles. The number of hydrogen-bond donors (Lipinski definition) is 3. The molecule has 33 heavy (non-hydrogen) atoms. The summed E-state index contributed by atoms with van der Waals surface area (Å²) in [4.78, 5) is 7.99. The molecule has 9 nitrogen and oxygen atoms in total. The fraction of sp³-hybridized carbons (Fsp3) is 0.304. The number of nitrogens with zero attached hydrogens (tertiary/aromatic N) is 2. The van der Waals surface area contributed by atoms with E-state index in [2.05, 4.69) is 9.97 Å². The molecule has 0 aliphatic heterocycles. The predicted octanol–water partition coefficient (Wildman–Crippen LogP) is 3.24. The zero-order chi connectivity index (χ0) is 24.2. The summed E-state index contributed by atoms with van der Waals surface area (Å²) in [5, 5.41) is 0. The average Bonchev–Trinajstić information content (AvgIpc) is 2.69. The Hall–Kier alpha value is -3.53. The van der Waals surface area contributed by atoms with E-state index in [1.165, 1.54) is 0 Å². The molecule has 2 aromatic carbocycles. The summed E-state index contributed by atoms with van der Waals surface area (Å²) in [6, 6.07) is 10.6. The van der Waals surface area contributed by atoms with Gasteiger partial charge in [-0.15, -0.1) is 0 Å². The first kappa shape index (κ1) is 24.1. The van der Waals surface area contributed by atoms with E-state index in [9.17, 15) is 8.42 Å². The van der Waals surface area contributed by atoms with E-state index in [-0.39, 0.29) is 29.2 Å². The number of anilines is 3. The number of ether oxygens (including phenoxy) is 1. The first-order chi connectivity index (χ1) is 15.6. The van der Waals surface area contributed by atoms with Crippen molar-refractivity contribution in [2.24, 2.45) is 5.92 Å². The molecular formula is C23H29N5O4S. The zero-order valence-electron chi connectivity index (χ0n) is 18.9. The number of hydrogen-bond acceptors (Lipinski definition) is 9. The van der Waals surface area contributed by atoms with Crippen molar-refractivity contribution < 1.29 is 17.3 Å². The van der Waals surface area contributed by atoms with Crippen LogP contribution in [0.5, 0.6) is 11.5 Å². The van der Waals surface area contributed by atoms with Crippen LogP contribution in [0.15, 0.2) is 42.6 Å². The van der Waals surface area contributed by atoms with Crippen LogP contribution in [0, 0.1) is 5.92 Å². The first-order valence-electron chi connectivity index (χ1n) is 10.5. The van der Waals surface area contributed by atoms with Gasteiger partial charge in [0.2, 0.25) is 5.95 Å². The maximum atomic E-state index is 12.7. The molecule has 3 aromatic rings. The Balaban J connectivity index is 2.18. The summed E-state index contributed by atoms with van der Waals surface area (Å²) in [6.07, 6.45) is 1.86. The van der Waals surface area contributed by atoms with Gasteiger partial charge in [-0.2, -0.15) is 13.4 Å². The van der Waals surface area contributed by atoms with E-state index in [0.29, 0.717) is 46.7 Å². The number of benzene rings is 2. The number of nitrogens with two attached hydrogens (primary N) is 3. The maximum absolute atomic E-state index is 12.7. The molecule has 0 fully saturated rings. The SMILES string of the molecule is CCOc1cc(Cc2cnc(N)nc2N)cc(OS(=O)(=O)CC(C)C)c1-c1cccc(N)c1. The van der Waals surface area contributed by atoms with Gasteiger partial charge in [0.25, 0.3) is 0 Å². The van der Waals surface area contributed by atoms with Crippen molar-refractivity contribution in [3.63, 3.8) is 0 Å². The van der Waals surface area contributed by atoms with Crippen LogP contribution in [-0.2, 0) is 16.5 Å². The maximum Gasteiger partial charge on any atom is 0.309 e. The van der Waals surface area contributed by atoms with Crippen molar-refractivity contribution in [2.45, 2.75) is 27.2 Å². The molecule has 0 unspecified atom stereocenters. The second-order valence-corrected chi connectivity index (χ2v) is 9.66. The van der Waals surface area contributed by atoms with Gasteiger partial charge in [0, 0.05) is 23.9 Å². The Morgan fingerprint density at radius 3 is 2.42 bits per heavy atom. The molecule has 1 aromatic heterocycles. The van der Waals surface area contributed by atoms with E-state index in [4.69, 9.17) is 26.1 Å². The molecule has 0 aliphatic rings. The topological polar surface area (TPSA) is 156 Å². The second-order valence-electron chi connectivity index (χ2n) is 8.04. The lowest BCUT2D eigenvalue weighted by Crippen LogP contribution is -2.18. The van der Waals surface area contributed by atoms with Gasteiger partial charge in [-0.05, 0) is 48.2 Å². The molecule has 0 aliphatic carbocycles. The van der Waals surface area contributed by atoms with Gasteiger partial charge in [0.1, 0.15) is 11.6 Å². The van der Waals surface area contributed by atoms with Crippen molar-refractivity contribution in [3.05, 3.63) is 53.7 Å². The van der Waals surface area contributed by atoms with E-state index >= 15 is 0 Å². The molecule has 0 bridgehead atoms. The second kappa shape index (κ2) is 9.95. The molecule has 0 radical (unpaired) electrons. The van der Waals surface area contributed by atoms with Crippen molar-refractivity contribution in [3.8, 4) is 22.6 Å². The normalized spacial score (nSPS) is 11.5. The molecule has 10 heteroatoms. The first-order valence-corrected chi connectivity index (χ1v) is 12.1. The van der Waals surface area contributed by atoms with E-state index in [0.717, 1.165) is 0 Å². The van der Waals surface area contributed by atoms with Gasteiger partial charge in [0.05, 0.1) is 17.9 Å². The van der Waals surface area contributed by atoms with E-state index in [1.54, 1.807) is 30.5 Å². The third kappa shape index (κ3) is 6.26. The van der Waals surface area contributed by atoms with Crippen molar-refractivity contribution in [1.82, 2.24) is 9.97 Å². The quantitative estimate of drug-likeness (QED) is 0.315. The summed E-state index contributed by atoms with van der Waals surface area (Å²) in [6.45, 7) is 5.83. The molecule has 176 valence electrons. The van der Waals surface area contributed by atoms with Crippen LogP contribution >= 0.6 is 0 Å². The summed E-state index contributed by atoms with van der Waals surface area (Å²) < 4.78 is 37.0. The molecular weight excluding hydrogens is 442 g/mol. The minimum Gasteiger partial charge on any atom is -0.493 e. The lowest BCUT2D eigenvalue weighted by Gasteiger charge is -2.19.